The number of carbonyl (C=O) groups excluding carboxylic acids is 1. The number of anilines is 2. The Balaban J connectivity index is 1.81. The smallest absolute Gasteiger partial charge is 0.257 e. The van der Waals surface area contributed by atoms with Crippen LogP contribution < -0.4 is 10.2 Å². The van der Waals surface area contributed by atoms with Crippen molar-refractivity contribution in [2.45, 2.75) is 18.6 Å². The zero-order chi connectivity index (χ0) is 13.6. The van der Waals surface area contributed by atoms with E-state index in [4.69, 9.17) is 0 Å². The Labute approximate surface area is 112 Å². The Morgan fingerprint density at radius 1 is 1.42 bits per heavy atom. The summed E-state index contributed by atoms with van der Waals surface area (Å²) in [6.45, 7) is 2.03. The van der Waals surface area contributed by atoms with Gasteiger partial charge in [-0.25, -0.2) is 0 Å². The van der Waals surface area contributed by atoms with Crippen LogP contribution >= 0.6 is 0 Å². The highest BCUT2D eigenvalue weighted by atomic mass is 16.3. The molecule has 1 fully saturated rings. The largest absolute Gasteiger partial charge is 0.378 e. The van der Waals surface area contributed by atoms with Crippen molar-refractivity contribution in [2.24, 2.45) is 0 Å². The number of amides is 1. The third-order valence-corrected chi connectivity index (χ3v) is 4.10. The molecule has 0 saturated carbocycles. The van der Waals surface area contributed by atoms with Gasteiger partial charge in [-0.05, 0) is 32.6 Å². The van der Waals surface area contributed by atoms with Crippen LogP contribution in [0.1, 0.15) is 18.1 Å². The fraction of sp³-hybridized carbons (Fsp3) is 0.500. The first-order chi connectivity index (χ1) is 9.06. The van der Waals surface area contributed by atoms with Crippen LogP contribution in [-0.2, 0) is 4.79 Å². The molecule has 0 aromatic heterocycles. The molecule has 3 rings (SSSR count). The zero-order valence-electron chi connectivity index (χ0n) is 11.3. The summed E-state index contributed by atoms with van der Waals surface area (Å²) in [7, 11) is 4.21. The lowest BCUT2D eigenvalue weighted by molar-refractivity contribution is -0.123. The van der Waals surface area contributed by atoms with Gasteiger partial charge in [-0.1, -0.05) is 6.07 Å². The molecule has 0 bridgehead atoms. The Hall–Kier alpha value is -1.59. The molecule has 2 atom stereocenters. The van der Waals surface area contributed by atoms with E-state index < -0.39 is 6.10 Å². The molecule has 2 N–H and O–H groups in total. The predicted octanol–water partition coefficient (Wildman–Crippen LogP) is 0.812. The van der Waals surface area contributed by atoms with E-state index in [1.165, 1.54) is 0 Å². The minimum Gasteiger partial charge on any atom is -0.378 e. The summed E-state index contributed by atoms with van der Waals surface area (Å²) in [5, 5.41) is 12.4. The molecule has 0 spiro atoms. The number of benzene rings is 1. The van der Waals surface area contributed by atoms with E-state index in [0.29, 0.717) is 11.6 Å². The number of nitrogens with zero attached hydrogens (tertiary/aromatic N) is 2. The van der Waals surface area contributed by atoms with Gasteiger partial charge in [0.1, 0.15) is 0 Å². The number of fused-ring (bicyclic) bond motifs is 1. The third-order valence-electron chi connectivity index (χ3n) is 4.10. The number of hydrogen-bond donors (Lipinski definition) is 2. The van der Waals surface area contributed by atoms with E-state index in [-0.39, 0.29) is 5.91 Å². The maximum Gasteiger partial charge on any atom is 0.257 e. The Bertz CT molecular complexity index is 515. The maximum absolute atomic E-state index is 11.4. The van der Waals surface area contributed by atoms with E-state index >= 15 is 0 Å². The first-order valence-electron chi connectivity index (χ1n) is 6.60. The molecule has 0 radical (unpaired) electrons. The zero-order valence-corrected chi connectivity index (χ0v) is 11.3. The quantitative estimate of drug-likeness (QED) is 0.827. The van der Waals surface area contributed by atoms with E-state index in [1.807, 2.05) is 18.2 Å². The van der Waals surface area contributed by atoms with Crippen LogP contribution in [0.25, 0.3) is 0 Å². The number of likely N-dealkylation sites (N-methyl/N-ethyl adjacent to an activating group) is 1. The highest BCUT2D eigenvalue weighted by Crippen LogP contribution is 2.34. The van der Waals surface area contributed by atoms with Crippen LogP contribution in [0.3, 0.4) is 0 Å². The fourth-order valence-corrected chi connectivity index (χ4v) is 2.83. The number of aliphatic hydroxyl groups is 1. The van der Waals surface area contributed by atoms with Crippen molar-refractivity contribution < 1.29 is 9.90 Å². The van der Waals surface area contributed by atoms with Gasteiger partial charge in [-0.2, -0.15) is 0 Å². The van der Waals surface area contributed by atoms with Crippen molar-refractivity contribution in [1.82, 2.24) is 4.90 Å². The van der Waals surface area contributed by atoms with Gasteiger partial charge in [0.05, 0.1) is 0 Å². The van der Waals surface area contributed by atoms with Crippen molar-refractivity contribution in [3.05, 3.63) is 23.8 Å². The average Bonchev–Trinajstić information content (AvgIpc) is 2.96. The van der Waals surface area contributed by atoms with E-state index in [2.05, 4.69) is 29.2 Å². The minimum absolute atomic E-state index is 0.334. The summed E-state index contributed by atoms with van der Waals surface area (Å²) in [4.78, 5) is 16.0. The van der Waals surface area contributed by atoms with Gasteiger partial charge in [0.2, 0.25) is 0 Å². The molecule has 0 aliphatic carbocycles. The van der Waals surface area contributed by atoms with Crippen LogP contribution in [0.15, 0.2) is 18.2 Å². The molecule has 1 aromatic rings. The van der Waals surface area contributed by atoms with Gasteiger partial charge in [-0.15, -0.1) is 0 Å². The van der Waals surface area contributed by atoms with E-state index in [1.54, 1.807) is 0 Å². The topological polar surface area (TPSA) is 55.8 Å². The van der Waals surface area contributed by atoms with Gasteiger partial charge >= 0.3 is 0 Å². The van der Waals surface area contributed by atoms with Gasteiger partial charge in [0.25, 0.3) is 5.91 Å². The first-order valence-corrected chi connectivity index (χ1v) is 6.60. The van der Waals surface area contributed by atoms with Crippen molar-refractivity contribution in [3.8, 4) is 0 Å². The first kappa shape index (κ1) is 12.4. The lowest BCUT2D eigenvalue weighted by Gasteiger charge is -2.22. The van der Waals surface area contributed by atoms with Crippen LogP contribution in [0.5, 0.6) is 0 Å². The Kier molecular flexibility index (Phi) is 2.95. The molecule has 2 aliphatic heterocycles. The molecular formula is C14H19N3O2. The van der Waals surface area contributed by atoms with Gasteiger partial charge in [0.15, 0.2) is 6.10 Å². The molecule has 2 heterocycles. The molecule has 5 heteroatoms. The van der Waals surface area contributed by atoms with Crippen LogP contribution in [0.2, 0.25) is 0 Å². The second-order valence-electron chi connectivity index (χ2n) is 5.52. The number of hydrogen-bond acceptors (Lipinski definition) is 4. The van der Waals surface area contributed by atoms with Crippen molar-refractivity contribution in [2.75, 3.05) is 37.4 Å². The Morgan fingerprint density at radius 3 is 2.89 bits per heavy atom. The normalized spacial score (nSPS) is 25.9. The number of aliphatic hydroxyl groups excluding tert-OH is 1. The molecule has 102 valence electrons. The second kappa shape index (κ2) is 4.51. The van der Waals surface area contributed by atoms with Crippen LogP contribution in [0, 0.1) is 0 Å². The predicted molar refractivity (Wildman–Crippen MR) is 74.3 cm³/mol. The lowest BCUT2D eigenvalue weighted by atomic mass is 10.1. The average molecular weight is 261 g/mol. The number of nitrogens with one attached hydrogen (secondary N) is 1. The molecule has 1 amide bonds. The lowest BCUT2D eigenvalue weighted by Crippen LogP contribution is -2.31. The van der Waals surface area contributed by atoms with E-state index in [0.717, 1.165) is 30.9 Å². The molecular weight excluding hydrogens is 242 g/mol. The molecule has 2 unspecified atom stereocenters. The van der Waals surface area contributed by atoms with Gasteiger partial charge in [0, 0.05) is 36.1 Å². The summed E-state index contributed by atoms with van der Waals surface area (Å²) < 4.78 is 0. The summed E-state index contributed by atoms with van der Waals surface area (Å²) in [5.41, 5.74) is 2.53. The maximum atomic E-state index is 11.4. The van der Waals surface area contributed by atoms with Crippen LogP contribution in [0.4, 0.5) is 11.4 Å². The second-order valence-corrected chi connectivity index (χ2v) is 5.52. The van der Waals surface area contributed by atoms with Gasteiger partial charge < -0.3 is 20.2 Å². The SMILES string of the molecule is CN(C)C1CCN(c2ccc3c(c2)NC(=O)C3O)C1. The van der Waals surface area contributed by atoms with Gasteiger partial charge in [-0.3, -0.25) is 4.79 Å². The fourth-order valence-electron chi connectivity index (χ4n) is 2.83. The molecule has 19 heavy (non-hydrogen) atoms. The van der Waals surface area contributed by atoms with E-state index in [9.17, 15) is 9.90 Å². The number of rotatable bonds is 2. The minimum atomic E-state index is -1.02. The number of carbonyl (C=O) groups is 1. The van der Waals surface area contributed by atoms with Crippen molar-refractivity contribution in [1.29, 1.82) is 0 Å². The summed E-state index contributed by atoms with van der Waals surface area (Å²) in [6, 6.07) is 6.37. The highest BCUT2D eigenvalue weighted by Gasteiger charge is 2.30. The third kappa shape index (κ3) is 2.09. The molecule has 1 aromatic carbocycles. The Morgan fingerprint density at radius 2 is 2.21 bits per heavy atom. The van der Waals surface area contributed by atoms with Crippen molar-refractivity contribution in [3.63, 3.8) is 0 Å². The van der Waals surface area contributed by atoms with Crippen molar-refractivity contribution >= 4 is 17.3 Å². The molecule has 1 saturated heterocycles. The summed E-state index contributed by atoms with van der Waals surface area (Å²) in [5.74, 6) is -0.334. The monoisotopic (exact) mass is 261 g/mol. The molecule has 5 nitrogen and oxygen atoms in total. The summed E-state index contributed by atoms with van der Waals surface area (Å²) in [6.07, 6.45) is 0.135. The van der Waals surface area contributed by atoms with Crippen LogP contribution in [-0.4, -0.2) is 49.1 Å². The molecule has 2 aliphatic rings. The standard InChI is InChI=1S/C14H19N3O2/c1-16(2)10-5-6-17(8-10)9-3-4-11-12(7-9)15-14(19)13(11)18/h3-4,7,10,13,18H,5-6,8H2,1-2H3,(H,15,19). The summed E-state index contributed by atoms with van der Waals surface area (Å²) >= 11 is 0. The highest BCUT2D eigenvalue weighted by molar-refractivity contribution is 6.02.